The van der Waals surface area contributed by atoms with Crippen LogP contribution < -0.4 is 10.2 Å². The van der Waals surface area contributed by atoms with Crippen LogP contribution in [0.15, 0.2) is 0 Å². The lowest BCUT2D eigenvalue weighted by molar-refractivity contribution is 0.413. The second-order valence-corrected chi connectivity index (χ2v) is 6.14. The maximum atomic E-state index is 4.75. The Hall–Kier alpha value is -0.650. The molecule has 0 saturated heterocycles. The second-order valence-electron chi connectivity index (χ2n) is 5.08. The summed E-state index contributed by atoms with van der Waals surface area (Å²) in [5.74, 6) is 0. The van der Waals surface area contributed by atoms with Crippen molar-refractivity contribution in [2.24, 2.45) is 0 Å². The first-order valence-electron chi connectivity index (χ1n) is 7.15. The highest BCUT2D eigenvalue weighted by Gasteiger charge is 2.13. The van der Waals surface area contributed by atoms with Gasteiger partial charge in [0.15, 0.2) is 5.13 Å². The molecular formula is C14H28N4S. The van der Waals surface area contributed by atoms with Crippen LogP contribution in [0.2, 0.25) is 0 Å². The van der Waals surface area contributed by atoms with E-state index in [0.717, 1.165) is 39.1 Å². The predicted molar refractivity (Wildman–Crippen MR) is 85.3 cm³/mol. The summed E-state index contributed by atoms with van der Waals surface area (Å²) in [5.41, 5.74) is 1.17. The van der Waals surface area contributed by atoms with Gasteiger partial charge in [-0.05, 0) is 34.0 Å². The van der Waals surface area contributed by atoms with Gasteiger partial charge < -0.3 is 15.1 Å². The van der Waals surface area contributed by atoms with Crippen LogP contribution in [0, 0.1) is 6.92 Å². The molecule has 1 N–H and O–H groups in total. The number of likely N-dealkylation sites (N-methyl/N-ethyl adjacent to an activating group) is 1. The van der Waals surface area contributed by atoms with Gasteiger partial charge in [0.05, 0.1) is 5.69 Å². The lowest BCUT2D eigenvalue weighted by Gasteiger charge is -2.23. The zero-order valence-electron chi connectivity index (χ0n) is 13.0. The van der Waals surface area contributed by atoms with Crippen molar-refractivity contribution in [3.05, 3.63) is 10.6 Å². The van der Waals surface area contributed by atoms with E-state index in [0.29, 0.717) is 0 Å². The molecule has 0 aliphatic heterocycles. The fraction of sp³-hybridized carbons (Fsp3) is 0.786. The summed E-state index contributed by atoms with van der Waals surface area (Å²) in [6.45, 7) is 11.6. The summed E-state index contributed by atoms with van der Waals surface area (Å²) in [7, 11) is 4.24. The zero-order chi connectivity index (χ0) is 14.3. The SMILES string of the molecule is CCCN(CCN(C)C)c1nc(C)c(CNCC)s1. The first kappa shape index (κ1) is 16.4. The Labute approximate surface area is 121 Å². The highest BCUT2D eigenvalue weighted by atomic mass is 32.1. The summed E-state index contributed by atoms with van der Waals surface area (Å²) >= 11 is 1.83. The molecule has 0 spiro atoms. The van der Waals surface area contributed by atoms with Crippen LogP contribution in [0.4, 0.5) is 5.13 Å². The van der Waals surface area contributed by atoms with E-state index in [4.69, 9.17) is 4.98 Å². The van der Waals surface area contributed by atoms with E-state index in [1.54, 1.807) is 0 Å². The predicted octanol–water partition coefficient (Wildman–Crippen LogP) is 2.34. The van der Waals surface area contributed by atoms with Gasteiger partial charge in [-0.15, -0.1) is 11.3 Å². The Morgan fingerprint density at radius 2 is 1.89 bits per heavy atom. The standard InChI is InChI=1S/C14H28N4S/c1-6-8-18(10-9-17(4)5)14-16-12(3)13(19-14)11-15-7-2/h15H,6-11H2,1-5H3. The quantitative estimate of drug-likeness (QED) is 0.754. The normalized spacial score (nSPS) is 11.3. The van der Waals surface area contributed by atoms with Crippen molar-refractivity contribution in [1.82, 2.24) is 15.2 Å². The summed E-state index contributed by atoms with van der Waals surface area (Å²) < 4.78 is 0. The first-order chi connectivity index (χ1) is 9.08. The molecule has 110 valence electrons. The third-order valence-corrected chi connectivity index (χ3v) is 4.22. The van der Waals surface area contributed by atoms with E-state index in [1.165, 1.54) is 15.7 Å². The van der Waals surface area contributed by atoms with Crippen molar-refractivity contribution in [1.29, 1.82) is 0 Å². The van der Waals surface area contributed by atoms with E-state index >= 15 is 0 Å². The molecule has 0 aromatic carbocycles. The molecule has 0 fully saturated rings. The topological polar surface area (TPSA) is 31.4 Å². The van der Waals surface area contributed by atoms with Gasteiger partial charge in [-0.1, -0.05) is 13.8 Å². The number of nitrogens with zero attached hydrogens (tertiary/aromatic N) is 3. The molecule has 0 unspecified atom stereocenters. The smallest absolute Gasteiger partial charge is 0.185 e. The Bertz CT molecular complexity index is 362. The molecule has 1 heterocycles. The molecule has 19 heavy (non-hydrogen) atoms. The highest BCUT2D eigenvalue weighted by Crippen LogP contribution is 2.26. The molecular weight excluding hydrogens is 256 g/mol. The summed E-state index contributed by atoms with van der Waals surface area (Å²) in [6.07, 6.45) is 1.16. The Kier molecular flexibility index (Phi) is 7.34. The number of thiazole rings is 1. The third kappa shape index (κ3) is 5.47. The van der Waals surface area contributed by atoms with Gasteiger partial charge >= 0.3 is 0 Å². The highest BCUT2D eigenvalue weighted by molar-refractivity contribution is 7.15. The number of rotatable bonds is 9. The van der Waals surface area contributed by atoms with Gasteiger partial charge in [-0.3, -0.25) is 0 Å². The van der Waals surface area contributed by atoms with Gasteiger partial charge in [0.25, 0.3) is 0 Å². The van der Waals surface area contributed by atoms with Crippen LogP contribution >= 0.6 is 11.3 Å². The minimum atomic E-state index is 0.938. The van der Waals surface area contributed by atoms with Crippen molar-refractivity contribution in [2.45, 2.75) is 33.7 Å². The minimum Gasteiger partial charge on any atom is -0.347 e. The van der Waals surface area contributed by atoms with Gasteiger partial charge in [0, 0.05) is 31.1 Å². The van der Waals surface area contributed by atoms with Gasteiger partial charge in [-0.2, -0.15) is 0 Å². The molecule has 0 atom stereocenters. The maximum absolute atomic E-state index is 4.75. The van der Waals surface area contributed by atoms with Crippen LogP contribution in [0.3, 0.4) is 0 Å². The summed E-state index contributed by atoms with van der Waals surface area (Å²) in [6, 6.07) is 0. The van der Waals surface area contributed by atoms with E-state index in [-0.39, 0.29) is 0 Å². The van der Waals surface area contributed by atoms with E-state index in [2.05, 4.69) is 50.0 Å². The van der Waals surface area contributed by atoms with Crippen molar-refractivity contribution in [3.8, 4) is 0 Å². The number of nitrogens with one attached hydrogen (secondary N) is 1. The van der Waals surface area contributed by atoms with Crippen molar-refractivity contribution in [2.75, 3.05) is 45.2 Å². The molecule has 0 saturated carbocycles. The molecule has 1 aromatic heterocycles. The molecule has 1 aromatic rings. The Balaban J connectivity index is 2.72. The molecule has 0 amide bonds. The number of aryl methyl sites for hydroxylation is 1. The van der Waals surface area contributed by atoms with Crippen molar-refractivity contribution >= 4 is 16.5 Å². The minimum absolute atomic E-state index is 0.938. The monoisotopic (exact) mass is 284 g/mol. The number of hydrogen-bond acceptors (Lipinski definition) is 5. The molecule has 1 rings (SSSR count). The lowest BCUT2D eigenvalue weighted by Crippen LogP contribution is -2.32. The number of hydrogen-bond donors (Lipinski definition) is 1. The average molecular weight is 284 g/mol. The largest absolute Gasteiger partial charge is 0.347 e. The Morgan fingerprint density at radius 3 is 2.47 bits per heavy atom. The molecule has 0 aliphatic carbocycles. The summed E-state index contributed by atoms with van der Waals surface area (Å²) in [5, 5.41) is 4.56. The van der Waals surface area contributed by atoms with Crippen LogP contribution in [0.5, 0.6) is 0 Å². The molecule has 0 bridgehead atoms. The average Bonchev–Trinajstić information content (AvgIpc) is 2.73. The molecule has 4 nitrogen and oxygen atoms in total. The van der Waals surface area contributed by atoms with Gasteiger partial charge in [0.1, 0.15) is 0 Å². The third-order valence-electron chi connectivity index (χ3n) is 3.00. The van der Waals surface area contributed by atoms with E-state index in [9.17, 15) is 0 Å². The molecule has 5 heteroatoms. The lowest BCUT2D eigenvalue weighted by atomic mass is 10.4. The van der Waals surface area contributed by atoms with Crippen molar-refractivity contribution < 1.29 is 0 Å². The van der Waals surface area contributed by atoms with Gasteiger partial charge in [0.2, 0.25) is 0 Å². The van der Waals surface area contributed by atoms with Crippen molar-refractivity contribution in [3.63, 3.8) is 0 Å². The van der Waals surface area contributed by atoms with Crippen LogP contribution in [-0.4, -0.2) is 50.2 Å². The van der Waals surface area contributed by atoms with Crippen LogP contribution in [0.25, 0.3) is 0 Å². The van der Waals surface area contributed by atoms with Gasteiger partial charge in [-0.25, -0.2) is 4.98 Å². The fourth-order valence-corrected chi connectivity index (χ4v) is 2.93. The summed E-state index contributed by atoms with van der Waals surface area (Å²) in [4.78, 5) is 10.7. The van der Waals surface area contributed by atoms with Crippen LogP contribution in [-0.2, 0) is 6.54 Å². The zero-order valence-corrected chi connectivity index (χ0v) is 13.8. The maximum Gasteiger partial charge on any atom is 0.185 e. The number of anilines is 1. The molecule has 0 aliphatic rings. The fourth-order valence-electron chi connectivity index (χ4n) is 1.84. The van der Waals surface area contributed by atoms with E-state index in [1.807, 2.05) is 11.3 Å². The Morgan fingerprint density at radius 1 is 1.16 bits per heavy atom. The number of aromatic nitrogens is 1. The van der Waals surface area contributed by atoms with Crippen LogP contribution in [0.1, 0.15) is 30.8 Å². The molecule has 0 radical (unpaired) electrons. The first-order valence-corrected chi connectivity index (χ1v) is 7.96. The van der Waals surface area contributed by atoms with E-state index < -0.39 is 0 Å². The second kappa shape index (κ2) is 8.51.